The third kappa shape index (κ3) is 6.45. The summed E-state index contributed by atoms with van der Waals surface area (Å²) in [7, 11) is 0. The molecule has 9 heteroatoms. The lowest BCUT2D eigenvalue weighted by Crippen LogP contribution is -2.10. The zero-order valence-electron chi connectivity index (χ0n) is 17.2. The number of ether oxygens (including phenoxy) is 2. The highest BCUT2D eigenvalue weighted by molar-refractivity contribution is 5.95. The largest absolute Gasteiger partial charge is 0.474 e. The number of ketones is 1. The third-order valence-electron chi connectivity index (χ3n) is 4.38. The normalized spacial score (nSPS) is 10.6. The van der Waals surface area contributed by atoms with Gasteiger partial charge in [0.2, 0.25) is 5.88 Å². The number of nitrogens with two attached hydrogens (primary N) is 1. The summed E-state index contributed by atoms with van der Waals surface area (Å²) in [5, 5.41) is 3.06. The molecule has 0 aliphatic carbocycles. The lowest BCUT2D eigenvalue weighted by molar-refractivity contribution is 0.0986. The average Bonchev–Trinajstić information content (AvgIpc) is 2.78. The van der Waals surface area contributed by atoms with Crippen molar-refractivity contribution in [2.45, 2.75) is 19.9 Å². The number of halogens is 1. The van der Waals surface area contributed by atoms with Crippen LogP contribution < -0.4 is 15.8 Å². The first-order chi connectivity index (χ1) is 15.1. The molecule has 2 heterocycles. The molecule has 0 bridgehead atoms. The molecule has 0 radical (unpaired) electrons. The van der Waals surface area contributed by atoms with Crippen molar-refractivity contribution in [3.8, 4) is 5.88 Å². The molecule has 3 aromatic rings. The van der Waals surface area contributed by atoms with Crippen LogP contribution in [0.5, 0.6) is 5.88 Å². The number of carbonyl (C=O) groups is 1. The van der Waals surface area contributed by atoms with Gasteiger partial charge in [-0.15, -0.1) is 0 Å². The molecular formula is C22H24FN5O3. The Morgan fingerprint density at radius 3 is 2.77 bits per heavy atom. The Balaban J connectivity index is 1.59. The minimum atomic E-state index is -0.375. The molecule has 2 aromatic heterocycles. The molecule has 0 aliphatic rings. The van der Waals surface area contributed by atoms with Gasteiger partial charge in [0.15, 0.2) is 5.78 Å². The summed E-state index contributed by atoms with van der Waals surface area (Å²) in [6.45, 7) is 3.52. The molecule has 0 atom stereocenters. The van der Waals surface area contributed by atoms with Crippen molar-refractivity contribution in [1.29, 1.82) is 0 Å². The minimum Gasteiger partial charge on any atom is -0.474 e. The van der Waals surface area contributed by atoms with Crippen molar-refractivity contribution in [3.05, 3.63) is 71.6 Å². The van der Waals surface area contributed by atoms with Crippen LogP contribution in [-0.4, -0.2) is 40.6 Å². The SMILES string of the molecule is CCOCCOc1cnc(C(=O)Cc2ccc(F)c(CNc3cccnc3N)c2)cn1. The lowest BCUT2D eigenvalue weighted by atomic mass is 10.0. The second kappa shape index (κ2) is 11.0. The van der Waals surface area contributed by atoms with Crippen LogP contribution in [-0.2, 0) is 17.7 Å². The summed E-state index contributed by atoms with van der Waals surface area (Å²) < 4.78 is 24.8. The molecule has 1 aromatic carbocycles. The smallest absolute Gasteiger partial charge is 0.232 e. The predicted molar refractivity (Wildman–Crippen MR) is 114 cm³/mol. The first-order valence-electron chi connectivity index (χ1n) is 9.84. The van der Waals surface area contributed by atoms with Gasteiger partial charge in [-0.05, 0) is 30.7 Å². The molecule has 0 saturated carbocycles. The fourth-order valence-corrected chi connectivity index (χ4v) is 2.79. The van der Waals surface area contributed by atoms with Crippen LogP contribution in [0.15, 0.2) is 48.9 Å². The van der Waals surface area contributed by atoms with E-state index in [0.29, 0.717) is 48.3 Å². The summed E-state index contributed by atoms with van der Waals surface area (Å²) in [5.41, 5.74) is 7.70. The number of benzene rings is 1. The summed E-state index contributed by atoms with van der Waals surface area (Å²) >= 11 is 0. The van der Waals surface area contributed by atoms with E-state index >= 15 is 0 Å². The highest BCUT2D eigenvalue weighted by Crippen LogP contribution is 2.18. The minimum absolute atomic E-state index is 0.0710. The van der Waals surface area contributed by atoms with E-state index in [1.807, 2.05) is 6.92 Å². The number of hydrogen-bond donors (Lipinski definition) is 2. The Morgan fingerprint density at radius 2 is 2.03 bits per heavy atom. The summed E-state index contributed by atoms with van der Waals surface area (Å²) in [5.74, 6) is 0.0501. The molecule has 3 rings (SSSR count). The van der Waals surface area contributed by atoms with Gasteiger partial charge in [0.25, 0.3) is 0 Å². The average molecular weight is 425 g/mol. The van der Waals surface area contributed by atoms with Crippen LogP contribution in [0.3, 0.4) is 0 Å². The summed E-state index contributed by atoms with van der Waals surface area (Å²) in [6, 6.07) is 8.06. The Labute approximate surface area is 179 Å². The van der Waals surface area contributed by atoms with Crippen LogP contribution in [0.25, 0.3) is 0 Å². The first kappa shape index (κ1) is 22.1. The van der Waals surface area contributed by atoms with Gasteiger partial charge in [0.05, 0.1) is 24.7 Å². The topological polar surface area (TPSA) is 112 Å². The summed E-state index contributed by atoms with van der Waals surface area (Å²) in [4.78, 5) is 24.7. The number of aromatic nitrogens is 3. The highest BCUT2D eigenvalue weighted by Gasteiger charge is 2.12. The Hall–Kier alpha value is -3.59. The van der Waals surface area contributed by atoms with E-state index in [1.54, 1.807) is 30.5 Å². The van der Waals surface area contributed by atoms with Crippen molar-refractivity contribution in [2.24, 2.45) is 0 Å². The van der Waals surface area contributed by atoms with Gasteiger partial charge < -0.3 is 20.5 Å². The maximum absolute atomic E-state index is 14.2. The molecule has 31 heavy (non-hydrogen) atoms. The standard InChI is InChI=1S/C22H24FN5O3/c1-2-30-8-9-31-21-14-27-19(13-28-21)20(29)11-15-5-6-17(23)16(10-15)12-26-18-4-3-7-25-22(18)24/h3-7,10,13-14,26H,2,8-9,11-12H2,1H3,(H2,24,25). The number of pyridine rings is 1. The van der Waals surface area contributed by atoms with Crippen molar-refractivity contribution in [1.82, 2.24) is 15.0 Å². The number of nitrogens with one attached hydrogen (secondary N) is 1. The second-order valence-corrected chi connectivity index (χ2v) is 6.60. The molecule has 0 fully saturated rings. The van der Waals surface area contributed by atoms with Gasteiger partial charge in [0.1, 0.15) is 23.9 Å². The van der Waals surface area contributed by atoms with E-state index in [4.69, 9.17) is 15.2 Å². The molecule has 0 amide bonds. The first-order valence-corrected chi connectivity index (χ1v) is 9.84. The van der Waals surface area contributed by atoms with E-state index < -0.39 is 0 Å². The van der Waals surface area contributed by atoms with E-state index in [1.165, 1.54) is 18.5 Å². The fraction of sp³-hybridized carbons (Fsp3) is 0.273. The van der Waals surface area contributed by atoms with Crippen LogP contribution >= 0.6 is 0 Å². The van der Waals surface area contributed by atoms with Crippen molar-refractivity contribution in [2.75, 3.05) is 30.9 Å². The van der Waals surface area contributed by atoms with Crippen LogP contribution in [0.2, 0.25) is 0 Å². The van der Waals surface area contributed by atoms with E-state index in [0.717, 1.165) is 0 Å². The number of nitrogen functional groups attached to an aromatic ring is 1. The van der Waals surface area contributed by atoms with Gasteiger partial charge in [0, 0.05) is 31.3 Å². The van der Waals surface area contributed by atoms with Gasteiger partial charge >= 0.3 is 0 Å². The molecule has 0 unspecified atom stereocenters. The van der Waals surface area contributed by atoms with Gasteiger partial charge in [-0.25, -0.2) is 19.3 Å². The summed E-state index contributed by atoms with van der Waals surface area (Å²) in [6.07, 6.45) is 4.42. The number of anilines is 2. The number of hydrogen-bond acceptors (Lipinski definition) is 8. The zero-order chi connectivity index (χ0) is 22.1. The quantitative estimate of drug-likeness (QED) is 0.356. The molecular weight excluding hydrogens is 401 g/mol. The van der Waals surface area contributed by atoms with Gasteiger partial charge in [-0.1, -0.05) is 12.1 Å². The predicted octanol–water partition coefficient (Wildman–Crippen LogP) is 3.05. The van der Waals surface area contributed by atoms with Crippen molar-refractivity contribution in [3.63, 3.8) is 0 Å². The van der Waals surface area contributed by atoms with E-state index in [2.05, 4.69) is 20.3 Å². The van der Waals surface area contributed by atoms with E-state index in [9.17, 15) is 9.18 Å². The Kier molecular flexibility index (Phi) is 7.83. The Morgan fingerprint density at radius 1 is 1.16 bits per heavy atom. The fourth-order valence-electron chi connectivity index (χ4n) is 2.79. The van der Waals surface area contributed by atoms with Crippen molar-refractivity contribution < 1.29 is 18.7 Å². The monoisotopic (exact) mass is 425 g/mol. The number of rotatable bonds is 11. The maximum Gasteiger partial charge on any atom is 0.232 e. The molecule has 0 spiro atoms. The van der Waals surface area contributed by atoms with Gasteiger partial charge in [-0.2, -0.15) is 0 Å². The zero-order valence-corrected chi connectivity index (χ0v) is 17.2. The number of nitrogens with zero attached hydrogens (tertiary/aromatic N) is 3. The van der Waals surface area contributed by atoms with Crippen LogP contribution in [0, 0.1) is 5.82 Å². The molecule has 8 nitrogen and oxygen atoms in total. The lowest BCUT2D eigenvalue weighted by Gasteiger charge is -2.10. The molecule has 162 valence electrons. The van der Waals surface area contributed by atoms with Crippen LogP contribution in [0.4, 0.5) is 15.9 Å². The molecule has 0 aliphatic heterocycles. The second-order valence-electron chi connectivity index (χ2n) is 6.60. The van der Waals surface area contributed by atoms with E-state index in [-0.39, 0.29) is 30.3 Å². The molecule has 0 saturated heterocycles. The maximum atomic E-state index is 14.2. The third-order valence-corrected chi connectivity index (χ3v) is 4.38. The van der Waals surface area contributed by atoms with Crippen molar-refractivity contribution >= 4 is 17.3 Å². The van der Waals surface area contributed by atoms with Gasteiger partial charge in [-0.3, -0.25) is 4.79 Å². The number of Topliss-reactive ketones (excluding diaryl/α,β-unsaturated/α-hetero) is 1. The Bertz CT molecular complexity index is 1010. The highest BCUT2D eigenvalue weighted by atomic mass is 19.1. The van der Waals surface area contributed by atoms with Crippen LogP contribution in [0.1, 0.15) is 28.5 Å². The number of carbonyl (C=O) groups excluding carboxylic acids is 1. The molecule has 3 N–H and O–H groups in total.